The summed E-state index contributed by atoms with van der Waals surface area (Å²) in [5.41, 5.74) is 4.57. The Kier molecular flexibility index (Phi) is 5.35. The van der Waals surface area contributed by atoms with Gasteiger partial charge in [-0.05, 0) is 54.1 Å². The zero-order chi connectivity index (χ0) is 19.3. The first-order valence-corrected chi connectivity index (χ1v) is 10.1. The molecule has 1 N–H and O–H groups in total. The minimum atomic E-state index is -0.118. The minimum absolute atomic E-state index is 0.118. The van der Waals surface area contributed by atoms with Crippen molar-refractivity contribution in [2.45, 2.75) is 13.3 Å². The number of hydrogen-bond donors (Lipinski definition) is 1. The summed E-state index contributed by atoms with van der Waals surface area (Å²) in [5.74, 6) is -0.118. The average Bonchev–Trinajstić information content (AvgIpc) is 3.38. The van der Waals surface area contributed by atoms with Crippen molar-refractivity contribution in [2.24, 2.45) is 0 Å². The molecule has 0 spiro atoms. The van der Waals surface area contributed by atoms with Crippen molar-refractivity contribution in [3.05, 3.63) is 95.0 Å². The van der Waals surface area contributed by atoms with Crippen LogP contribution < -0.4 is 5.32 Å². The third-order valence-corrected chi connectivity index (χ3v) is 5.40. The van der Waals surface area contributed by atoms with Crippen molar-refractivity contribution in [1.29, 1.82) is 0 Å². The van der Waals surface area contributed by atoms with Crippen LogP contribution in [0, 0.1) is 6.92 Å². The van der Waals surface area contributed by atoms with Crippen LogP contribution in [-0.4, -0.2) is 22.2 Å². The first-order chi connectivity index (χ1) is 13.7. The van der Waals surface area contributed by atoms with Crippen molar-refractivity contribution in [2.75, 3.05) is 6.54 Å². The largest absolute Gasteiger partial charge is 0.350 e. The molecule has 0 aliphatic rings. The number of benzene rings is 2. The van der Waals surface area contributed by atoms with Gasteiger partial charge < -0.3 is 5.32 Å². The molecule has 4 rings (SSSR count). The van der Waals surface area contributed by atoms with Crippen LogP contribution in [0.5, 0.6) is 0 Å². The van der Waals surface area contributed by atoms with Crippen LogP contribution in [0.3, 0.4) is 0 Å². The number of aryl methyl sites for hydroxylation is 1. The molecule has 2 heterocycles. The highest BCUT2D eigenvalue weighted by atomic mass is 32.1. The highest BCUT2D eigenvalue weighted by molar-refractivity contribution is 7.13. The number of hydrogen-bond acceptors (Lipinski definition) is 3. The Morgan fingerprint density at radius 1 is 1.04 bits per heavy atom. The number of rotatable bonds is 6. The van der Waals surface area contributed by atoms with E-state index in [2.05, 4.69) is 17.4 Å². The molecule has 5 heteroatoms. The molecule has 0 aliphatic carbocycles. The number of carbonyl (C=O) groups is 1. The summed E-state index contributed by atoms with van der Waals surface area (Å²) in [6.45, 7) is 2.61. The lowest BCUT2D eigenvalue weighted by molar-refractivity contribution is 0.0946. The van der Waals surface area contributed by atoms with E-state index in [0.717, 1.165) is 28.2 Å². The molecule has 2 aromatic carbocycles. The van der Waals surface area contributed by atoms with Gasteiger partial charge in [0.2, 0.25) is 0 Å². The summed E-state index contributed by atoms with van der Waals surface area (Å²) in [7, 11) is 0. The SMILES string of the molecule is Cc1cccc(-n2nc(-c3cccs3)cc2C(=O)NCCc2ccccc2)c1. The molecule has 0 atom stereocenters. The van der Waals surface area contributed by atoms with Crippen LogP contribution >= 0.6 is 11.3 Å². The smallest absolute Gasteiger partial charge is 0.270 e. The van der Waals surface area contributed by atoms with Crippen molar-refractivity contribution < 1.29 is 4.79 Å². The molecule has 28 heavy (non-hydrogen) atoms. The van der Waals surface area contributed by atoms with Crippen molar-refractivity contribution in [3.8, 4) is 16.3 Å². The molecule has 1 amide bonds. The minimum Gasteiger partial charge on any atom is -0.350 e. The van der Waals surface area contributed by atoms with Gasteiger partial charge in [0.1, 0.15) is 11.4 Å². The summed E-state index contributed by atoms with van der Waals surface area (Å²) in [6.07, 6.45) is 0.795. The molecule has 0 saturated carbocycles. The lowest BCUT2D eigenvalue weighted by Gasteiger charge is -2.09. The van der Waals surface area contributed by atoms with Crippen LogP contribution in [0.2, 0.25) is 0 Å². The molecule has 0 saturated heterocycles. The maximum absolute atomic E-state index is 12.9. The second-order valence-electron chi connectivity index (χ2n) is 6.63. The van der Waals surface area contributed by atoms with Crippen LogP contribution in [0.15, 0.2) is 78.2 Å². The van der Waals surface area contributed by atoms with Gasteiger partial charge in [-0.25, -0.2) is 4.68 Å². The lowest BCUT2D eigenvalue weighted by Crippen LogP contribution is -2.27. The zero-order valence-electron chi connectivity index (χ0n) is 15.6. The molecule has 140 valence electrons. The van der Waals surface area contributed by atoms with E-state index in [1.807, 2.05) is 73.0 Å². The van der Waals surface area contributed by atoms with Crippen molar-refractivity contribution in [1.82, 2.24) is 15.1 Å². The normalized spacial score (nSPS) is 10.8. The Bertz CT molecular complexity index is 1070. The van der Waals surface area contributed by atoms with E-state index in [4.69, 9.17) is 5.10 Å². The van der Waals surface area contributed by atoms with E-state index in [-0.39, 0.29) is 5.91 Å². The van der Waals surface area contributed by atoms with Gasteiger partial charge in [0.15, 0.2) is 0 Å². The quantitative estimate of drug-likeness (QED) is 0.512. The van der Waals surface area contributed by atoms with Gasteiger partial charge in [-0.1, -0.05) is 48.5 Å². The predicted molar refractivity (Wildman–Crippen MR) is 114 cm³/mol. The molecule has 0 bridgehead atoms. The molecule has 4 nitrogen and oxygen atoms in total. The Labute approximate surface area is 168 Å². The molecule has 0 radical (unpaired) electrons. The van der Waals surface area contributed by atoms with E-state index < -0.39 is 0 Å². The maximum atomic E-state index is 12.9. The van der Waals surface area contributed by atoms with Gasteiger partial charge >= 0.3 is 0 Å². The first kappa shape index (κ1) is 18.2. The van der Waals surface area contributed by atoms with Crippen LogP contribution in [0.25, 0.3) is 16.3 Å². The number of nitrogens with zero attached hydrogens (tertiary/aromatic N) is 2. The van der Waals surface area contributed by atoms with Gasteiger partial charge in [0.25, 0.3) is 5.91 Å². The molecule has 4 aromatic rings. The predicted octanol–water partition coefficient (Wildman–Crippen LogP) is 4.88. The Morgan fingerprint density at radius 2 is 1.89 bits per heavy atom. The second kappa shape index (κ2) is 8.23. The second-order valence-corrected chi connectivity index (χ2v) is 7.58. The van der Waals surface area contributed by atoms with Gasteiger partial charge in [-0.2, -0.15) is 5.10 Å². The van der Waals surface area contributed by atoms with Crippen molar-refractivity contribution >= 4 is 17.2 Å². The van der Waals surface area contributed by atoms with E-state index in [1.54, 1.807) is 16.0 Å². The van der Waals surface area contributed by atoms with E-state index in [1.165, 1.54) is 5.56 Å². The van der Waals surface area contributed by atoms with E-state index in [0.29, 0.717) is 12.2 Å². The fraction of sp³-hybridized carbons (Fsp3) is 0.130. The molecule has 2 aromatic heterocycles. The third kappa shape index (κ3) is 4.05. The molecular weight excluding hydrogens is 366 g/mol. The summed E-state index contributed by atoms with van der Waals surface area (Å²) in [6, 6.07) is 24.0. The fourth-order valence-corrected chi connectivity index (χ4v) is 3.78. The average molecular weight is 388 g/mol. The van der Waals surface area contributed by atoms with Crippen molar-refractivity contribution in [3.63, 3.8) is 0 Å². The molecule has 0 aliphatic heterocycles. The van der Waals surface area contributed by atoms with Gasteiger partial charge in [0, 0.05) is 6.54 Å². The summed E-state index contributed by atoms with van der Waals surface area (Å²) in [5, 5.41) is 9.77. The zero-order valence-corrected chi connectivity index (χ0v) is 16.4. The Balaban J connectivity index is 1.60. The summed E-state index contributed by atoms with van der Waals surface area (Å²) >= 11 is 1.62. The van der Waals surface area contributed by atoms with Gasteiger partial charge in [-0.15, -0.1) is 11.3 Å². The van der Waals surface area contributed by atoms with Gasteiger partial charge in [-0.3, -0.25) is 4.79 Å². The monoisotopic (exact) mass is 387 g/mol. The number of carbonyl (C=O) groups excluding carboxylic acids is 1. The Morgan fingerprint density at radius 3 is 2.64 bits per heavy atom. The topological polar surface area (TPSA) is 46.9 Å². The number of nitrogens with one attached hydrogen (secondary N) is 1. The molecule has 0 fully saturated rings. The number of amides is 1. The molecule has 0 unspecified atom stereocenters. The highest BCUT2D eigenvalue weighted by Crippen LogP contribution is 2.26. The standard InChI is InChI=1S/C23H21N3OS/c1-17-7-5-10-19(15-17)26-21(16-20(25-26)22-11-6-14-28-22)23(27)24-13-12-18-8-3-2-4-9-18/h2-11,14-16H,12-13H2,1H3,(H,24,27). The first-order valence-electron chi connectivity index (χ1n) is 9.24. The van der Waals surface area contributed by atoms with Crippen LogP contribution in [-0.2, 0) is 6.42 Å². The van der Waals surface area contributed by atoms with E-state index in [9.17, 15) is 4.79 Å². The van der Waals surface area contributed by atoms with Gasteiger partial charge in [0.05, 0.1) is 10.6 Å². The van der Waals surface area contributed by atoms with E-state index >= 15 is 0 Å². The number of aromatic nitrogens is 2. The highest BCUT2D eigenvalue weighted by Gasteiger charge is 2.18. The third-order valence-electron chi connectivity index (χ3n) is 4.50. The number of thiophene rings is 1. The summed E-state index contributed by atoms with van der Waals surface area (Å²) in [4.78, 5) is 14.0. The molecular formula is C23H21N3OS. The lowest BCUT2D eigenvalue weighted by atomic mass is 10.1. The van der Waals surface area contributed by atoms with Crippen LogP contribution in [0.4, 0.5) is 0 Å². The van der Waals surface area contributed by atoms with Crippen LogP contribution in [0.1, 0.15) is 21.6 Å². The summed E-state index contributed by atoms with van der Waals surface area (Å²) < 4.78 is 1.74. The fourth-order valence-electron chi connectivity index (χ4n) is 3.10. The Hall–Kier alpha value is -3.18. The maximum Gasteiger partial charge on any atom is 0.270 e.